The Labute approximate surface area is 121 Å². The van der Waals surface area contributed by atoms with Gasteiger partial charge < -0.3 is 15.5 Å². The van der Waals surface area contributed by atoms with Gasteiger partial charge >= 0.3 is 0 Å². The highest BCUT2D eigenvalue weighted by atomic mass is 16.2. The molecule has 20 heavy (non-hydrogen) atoms. The second-order valence-corrected chi connectivity index (χ2v) is 5.89. The third kappa shape index (κ3) is 4.05. The van der Waals surface area contributed by atoms with Gasteiger partial charge in [0.05, 0.1) is 6.42 Å². The lowest BCUT2D eigenvalue weighted by atomic mass is 10.1. The van der Waals surface area contributed by atoms with Crippen LogP contribution in [0.25, 0.3) is 0 Å². The molecule has 4 nitrogen and oxygen atoms in total. The van der Waals surface area contributed by atoms with Crippen LogP contribution in [-0.2, 0) is 17.8 Å². The summed E-state index contributed by atoms with van der Waals surface area (Å²) in [6, 6.07) is 7.98. The number of nitrogens with zero attached hydrogens (tertiary/aromatic N) is 2. The first-order valence-corrected chi connectivity index (χ1v) is 7.29. The zero-order valence-corrected chi connectivity index (χ0v) is 12.5. The van der Waals surface area contributed by atoms with E-state index in [-0.39, 0.29) is 5.91 Å². The van der Waals surface area contributed by atoms with E-state index in [1.807, 2.05) is 36.2 Å². The molecule has 2 rings (SSSR count). The molecule has 0 radical (unpaired) electrons. The van der Waals surface area contributed by atoms with Crippen LogP contribution in [0.2, 0.25) is 0 Å². The molecule has 110 valence electrons. The Morgan fingerprint density at radius 3 is 2.55 bits per heavy atom. The number of likely N-dealkylation sites (N-methyl/N-ethyl adjacent to an activating group) is 1. The van der Waals surface area contributed by atoms with Crippen LogP contribution >= 0.6 is 0 Å². The summed E-state index contributed by atoms with van der Waals surface area (Å²) in [6.07, 6.45) is 1.67. The molecule has 1 amide bonds. The SMILES string of the molecule is CN1CCC(CN(C)C(=O)Cc2ccc(CN)cc2)C1. The molecule has 1 aliphatic rings. The summed E-state index contributed by atoms with van der Waals surface area (Å²) < 4.78 is 0. The lowest BCUT2D eigenvalue weighted by Crippen LogP contribution is -2.33. The maximum absolute atomic E-state index is 12.2. The molecule has 1 aromatic rings. The molecule has 2 N–H and O–H groups in total. The van der Waals surface area contributed by atoms with Crippen LogP contribution in [0.5, 0.6) is 0 Å². The summed E-state index contributed by atoms with van der Waals surface area (Å²) in [6.45, 7) is 3.66. The number of amides is 1. The monoisotopic (exact) mass is 275 g/mol. The molecule has 1 fully saturated rings. The van der Waals surface area contributed by atoms with Crippen LogP contribution in [-0.4, -0.2) is 49.4 Å². The second-order valence-electron chi connectivity index (χ2n) is 5.89. The van der Waals surface area contributed by atoms with Gasteiger partial charge in [-0.15, -0.1) is 0 Å². The van der Waals surface area contributed by atoms with Crippen molar-refractivity contribution in [3.05, 3.63) is 35.4 Å². The normalized spacial score (nSPS) is 19.2. The molecule has 0 aromatic heterocycles. The van der Waals surface area contributed by atoms with Crippen LogP contribution < -0.4 is 5.73 Å². The van der Waals surface area contributed by atoms with Gasteiger partial charge in [0.25, 0.3) is 0 Å². The lowest BCUT2D eigenvalue weighted by molar-refractivity contribution is -0.129. The Hall–Kier alpha value is -1.39. The number of nitrogens with two attached hydrogens (primary N) is 1. The van der Waals surface area contributed by atoms with Gasteiger partial charge in [0.2, 0.25) is 5.91 Å². The molecule has 0 aliphatic carbocycles. The smallest absolute Gasteiger partial charge is 0.226 e. The molecule has 1 unspecified atom stereocenters. The number of likely N-dealkylation sites (tertiary alicyclic amines) is 1. The van der Waals surface area contributed by atoms with Crippen molar-refractivity contribution in [2.24, 2.45) is 11.7 Å². The summed E-state index contributed by atoms with van der Waals surface area (Å²) in [5.41, 5.74) is 7.73. The maximum Gasteiger partial charge on any atom is 0.226 e. The minimum atomic E-state index is 0.194. The third-order valence-corrected chi connectivity index (χ3v) is 4.06. The first-order chi connectivity index (χ1) is 9.58. The van der Waals surface area contributed by atoms with E-state index >= 15 is 0 Å². The van der Waals surface area contributed by atoms with E-state index in [0.717, 1.165) is 30.8 Å². The van der Waals surface area contributed by atoms with E-state index in [2.05, 4.69) is 11.9 Å². The Balaban J connectivity index is 1.83. The summed E-state index contributed by atoms with van der Waals surface area (Å²) in [5, 5.41) is 0. The molecule has 1 heterocycles. The fourth-order valence-corrected chi connectivity index (χ4v) is 2.77. The third-order valence-electron chi connectivity index (χ3n) is 4.06. The van der Waals surface area contributed by atoms with Crippen LogP contribution in [0.15, 0.2) is 24.3 Å². The topological polar surface area (TPSA) is 49.6 Å². The van der Waals surface area contributed by atoms with E-state index in [0.29, 0.717) is 18.9 Å². The molecule has 0 saturated carbocycles. The largest absolute Gasteiger partial charge is 0.345 e. The van der Waals surface area contributed by atoms with Gasteiger partial charge in [0.15, 0.2) is 0 Å². The summed E-state index contributed by atoms with van der Waals surface area (Å²) in [5.74, 6) is 0.814. The van der Waals surface area contributed by atoms with Crippen molar-refractivity contribution in [3.8, 4) is 0 Å². The predicted molar refractivity (Wildman–Crippen MR) is 81.3 cm³/mol. The number of hydrogen-bond acceptors (Lipinski definition) is 3. The van der Waals surface area contributed by atoms with Crippen molar-refractivity contribution in [1.82, 2.24) is 9.80 Å². The number of hydrogen-bond donors (Lipinski definition) is 1. The van der Waals surface area contributed by atoms with Crippen LogP contribution in [0, 0.1) is 5.92 Å². The molecule has 1 atom stereocenters. The fourth-order valence-electron chi connectivity index (χ4n) is 2.77. The van der Waals surface area contributed by atoms with Gasteiger partial charge in [-0.05, 0) is 37.1 Å². The van der Waals surface area contributed by atoms with Crippen molar-refractivity contribution in [3.63, 3.8) is 0 Å². The van der Waals surface area contributed by atoms with E-state index < -0.39 is 0 Å². The van der Waals surface area contributed by atoms with Crippen LogP contribution in [0.3, 0.4) is 0 Å². The zero-order valence-electron chi connectivity index (χ0n) is 12.5. The first-order valence-electron chi connectivity index (χ1n) is 7.29. The minimum absolute atomic E-state index is 0.194. The average Bonchev–Trinajstić information content (AvgIpc) is 2.85. The highest BCUT2D eigenvalue weighted by Gasteiger charge is 2.22. The second kappa shape index (κ2) is 6.86. The number of carbonyl (C=O) groups excluding carboxylic acids is 1. The molecular weight excluding hydrogens is 250 g/mol. The van der Waals surface area contributed by atoms with E-state index in [4.69, 9.17) is 5.73 Å². The maximum atomic E-state index is 12.2. The van der Waals surface area contributed by atoms with Crippen molar-refractivity contribution >= 4 is 5.91 Å². The van der Waals surface area contributed by atoms with Gasteiger partial charge in [0.1, 0.15) is 0 Å². The van der Waals surface area contributed by atoms with E-state index in [1.165, 1.54) is 6.42 Å². The Morgan fingerprint density at radius 2 is 2.00 bits per heavy atom. The molecule has 0 bridgehead atoms. The number of rotatable bonds is 5. The summed E-state index contributed by atoms with van der Waals surface area (Å²) >= 11 is 0. The molecule has 0 spiro atoms. The Bertz CT molecular complexity index is 444. The molecular formula is C16H25N3O. The van der Waals surface area contributed by atoms with Gasteiger partial charge in [0, 0.05) is 26.7 Å². The van der Waals surface area contributed by atoms with Crippen LogP contribution in [0.1, 0.15) is 17.5 Å². The highest BCUT2D eigenvalue weighted by Crippen LogP contribution is 2.15. The van der Waals surface area contributed by atoms with Crippen molar-refractivity contribution in [2.45, 2.75) is 19.4 Å². The van der Waals surface area contributed by atoms with Gasteiger partial charge in [-0.1, -0.05) is 24.3 Å². The standard InChI is InChI=1S/C16H25N3O/c1-18-8-7-15(11-18)12-19(2)16(20)9-13-3-5-14(10-17)6-4-13/h3-6,15H,7-12,17H2,1-2H3. The van der Waals surface area contributed by atoms with Crippen molar-refractivity contribution in [2.75, 3.05) is 33.7 Å². The highest BCUT2D eigenvalue weighted by molar-refractivity contribution is 5.78. The molecule has 1 aliphatic heterocycles. The lowest BCUT2D eigenvalue weighted by Gasteiger charge is -2.21. The molecule has 1 saturated heterocycles. The molecule has 4 heteroatoms. The number of carbonyl (C=O) groups is 1. The fraction of sp³-hybridized carbons (Fsp3) is 0.562. The van der Waals surface area contributed by atoms with Crippen molar-refractivity contribution < 1.29 is 4.79 Å². The summed E-state index contributed by atoms with van der Waals surface area (Å²) in [4.78, 5) is 16.4. The number of benzene rings is 1. The predicted octanol–water partition coefficient (Wildman–Crippen LogP) is 1.10. The average molecular weight is 275 g/mol. The van der Waals surface area contributed by atoms with Gasteiger partial charge in [-0.2, -0.15) is 0 Å². The molecule has 1 aromatic carbocycles. The minimum Gasteiger partial charge on any atom is -0.345 e. The summed E-state index contributed by atoms with van der Waals surface area (Å²) in [7, 11) is 4.05. The van der Waals surface area contributed by atoms with Gasteiger partial charge in [-0.25, -0.2) is 0 Å². The quantitative estimate of drug-likeness (QED) is 0.875. The van der Waals surface area contributed by atoms with Crippen LogP contribution in [0.4, 0.5) is 0 Å². The van der Waals surface area contributed by atoms with Crippen molar-refractivity contribution in [1.29, 1.82) is 0 Å². The van der Waals surface area contributed by atoms with Gasteiger partial charge in [-0.3, -0.25) is 4.79 Å². The first kappa shape index (κ1) is 15.0. The van der Waals surface area contributed by atoms with E-state index in [1.54, 1.807) is 0 Å². The Morgan fingerprint density at radius 1 is 1.35 bits per heavy atom. The van der Waals surface area contributed by atoms with E-state index in [9.17, 15) is 4.79 Å². The Kier molecular flexibility index (Phi) is 5.15. The zero-order chi connectivity index (χ0) is 14.5.